The highest BCUT2D eigenvalue weighted by atomic mass is 16.3. The smallest absolute Gasteiger partial charge is 0.164 e. The van der Waals surface area contributed by atoms with Crippen LogP contribution in [-0.2, 0) is 0 Å². The molecule has 0 amide bonds. The highest BCUT2D eigenvalue weighted by molar-refractivity contribution is 6.12. The molecule has 4 nitrogen and oxygen atoms in total. The van der Waals surface area contributed by atoms with Crippen LogP contribution in [0.15, 0.2) is 180 Å². The summed E-state index contributed by atoms with van der Waals surface area (Å²) in [5.41, 5.74) is 10.5. The second-order valence-electron chi connectivity index (χ2n) is 13.2. The van der Waals surface area contributed by atoms with Gasteiger partial charge in [-0.05, 0) is 69.3 Å². The Morgan fingerprint density at radius 1 is 0.529 bits per heavy atom. The fourth-order valence-corrected chi connectivity index (χ4v) is 7.47. The molecule has 0 spiro atoms. The molecular formula is C47H31N3O. The van der Waals surface area contributed by atoms with E-state index in [-0.39, 0.29) is 0 Å². The number of rotatable bonds is 5. The minimum atomic E-state index is 0.392. The number of aromatic nitrogens is 3. The summed E-state index contributed by atoms with van der Waals surface area (Å²) in [4.78, 5) is 15.3. The molecule has 1 atom stereocenters. The Morgan fingerprint density at radius 3 is 2.20 bits per heavy atom. The van der Waals surface area contributed by atoms with Crippen molar-refractivity contribution in [2.75, 3.05) is 0 Å². The minimum Gasteiger partial charge on any atom is -0.456 e. The minimum absolute atomic E-state index is 0.392. The molecule has 1 unspecified atom stereocenters. The van der Waals surface area contributed by atoms with Gasteiger partial charge in [0.1, 0.15) is 11.2 Å². The molecule has 6 aromatic carbocycles. The Kier molecular flexibility index (Phi) is 6.91. The van der Waals surface area contributed by atoms with Gasteiger partial charge in [0.05, 0.1) is 0 Å². The van der Waals surface area contributed by atoms with E-state index in [9.17, 15) is 0 Å². The predicted molar refractivity (Wildman–Crippen MR) is 209 cm³/mol. The Bertz CT molecular complexity index is 2760. The van der Waals surface area contributed by atoms with Crippen LogP contribution in [0.25, 0.3) is 83.3 Å². The zero-order chi connectivity index (χ0) is 33.7. The summed E-state index contributed by atoms with van der Waals surface area (Å²) in [6, 6.07) is 46.6. The number of allylic oxidation sites excluding steroid dienone is 8. The van der Waals surface area contributed by atoms with Gasteiger partial charge in [-0.2, -0.15) is 0 Å². The average molecular weight is 654 g/mol. The zero-order valence-corrected chi connectivity index (χ0v) is 27.7. The fourth-order valence-electron chi connectivity index (χ4n) is 7.47. The van der Waals surface area contributed by atoms with E-state index in [4.69, 9.17) is 19.4 Å². The van der Waals surface area contributed by atoms with Crippen molar-refractivity contribution >= 4 is 38.3 Å². The normalized spacial score (nSPS) is 15.3. The van der Waals surface area contributed by atoms with E-state index in [2.05, 4.69) is 127 Å². The van der Waals surface area contributed by atoms with Crippen molar-refractivity contribution in [1.29, 1.82) is 0 Å². The third-order valence-corrected chi connectivity index (χ3v) is 10.1. The Hall–Kier alpha value is -6.65. The van der Waals surface area contributed by atoms with Gasteiger partial charge < -0.3 is 4.42 Å². The second kappa shape index (κ2) is 12.0. The van der Waals surface area contributed by atoms with Crippen LogP contribution in [0.5, 0.6) is 0 Å². The second-order valence-corrected chi connectivity index (χ2v) is 13.2. The van der Waals surface area contributed by atoms with Gasteiger partial charge >= 0.3 is 0 Å². The van der Waals surface area contributed by atoms with Crippen LogP contribution in [0.4, 0.5) is 0 Å². The van der Waals surface area contributed by atoms with E-state index in [1.54, 1.807) is 0 Å². The van der Waals surface area contributed by atoms with E-state index in [0.29, 0.717) is 23.4 Å². The van der Waals surface area contributed by atoms with Crippen molar-refractivity contribution in [3.63, 3.8) is 0 Å². The van der Waals surface area contributed by atoms with Crippen LogP contribution in [-0.4, -0.2) is 15.0 Å². The molecule has 4 heteroatoms. The first-order valence-electron chi connectivity index (χ1n) is 17.4. The van der Waals surface area contributed by atoms with Gasteiger partial charge in [0.25, 0.3) is 0 Å². The van der Waals surface area contributed by atoms with Gasteiger partial charge in [-0.25, -0.2) is 15.0 Å². The van der Waals surface area contributed by atoms with Gasteiger partial charge in [-0.15, -0.1) is 0 Å². The fraction of sp³-hybridized carbons (Fsp3) is 0.0426. The summed E-state index contributed by atoms with van der Waals surface area (Å²) >= 11 is 0. The molecule has 2 aromatic heterocycles. The van der Waals surface area contributed by atoms with Crippen molar-refractivity contribution < 1.29 is 4.42 Å². The summed E-state index contributed by atoms with van der Waals surface area (Å²) in [5, 5.41) is 4.52. The first-order chi connectivity index (χ1) is 25.2. The number of hydrogen-bond donors (Lipinski definition) is 0. The topological polar surface area (TPSA) is 51.8 Å². The van der Waals surface area contributed by atoms with Crippen LogP contribution in [0, 0.1) is 5.92 Å². The quantitative estimate of drug-likeness (QED) is 0.185. The van der Waals surface area contributed by atoms with Crippen LogP contribution in [0.2, 0.25) is 0 Å². The summed E-state index contributed by atoms with van der Waals surface area (Å²) < 4.78 is 6.44. The molecular weight excluding hydrogens is 623 g/mol. The van der Waals surface area contributed by atoms with Crippen LogP contribution in [0.1, 0.15) is 12.2 Å². The Morgan fingerprint density at radius 2 is 1.27 bits per heavy atom. The molecule has 240 valence electrons. The molecule has 51 heavy (non-hydrogen) atoms. The van der Waals surface area contributed by atoms with Gasteiger partial charge in [0.2, 0.25) is 0 Å². The van der Waals surface area contributed by atoms with Crippen molar-refractivity contribution in [3.8, 4) is 45.0 Å². The maximum absolute atomic E-state index is 6.44. The van der Waals surface area contributed by atoms with Gasteiger partial charge in [-0.3, -0.25) is 0 Å². The lowest BCUT2D eigenvalue weighted by molar-refractivity contribution is 0.669. The first kappa shape index (κ1) is 29.3. The molecule has 2 heterocycles. The maximum Gasteiger partial charge on any atom is 0.164 e. The Balaban J connectivity index is 1.09. The van der Waals surface area contributed by atoms with E-state index in [0.717, 1.165) is 56.2 Å². The van der Waals surface area contributed by atoms with E-state index in [1.807, 2.05) is 42.5 Å². The summed E-state index contributed by atoms with van der Waals surface area (Å²) in [6.07, 6.45) is 14.0. The largest absolute Gasteiger partial charge is 0.456 e. The van der Waals surface area contributed by atoms with Crippen LogP contribution in [0.3, 0.4) is 0 Å². The first-order valence-corrected chi connectivity index (χ1v) is 17.4. The number of nitrogens with zero attached hydrogens (tertiary/aromatic N) is 3. The van der Waals surface area contributed by atoms with Crippen molar-refractivity contribution in [1.82, 2.24) is 15.0 Å². The summed E-state index contributed by atoms with van der Waals surface area (Å²) in [7, 11) is 0. The summed E-state index contributed by atoms with van der Waals surface area (Å²) in [5.74, 6) is 2.33. The molecule has 2 aliphatic carbocycles. The number of furan rings is 1. The zero-order valence-electron chi connectivity index (χ0n) is 27.7. The molecule has 0 saturated carbocycles. The summed E-state index contributed by atoms with van der Waals surface area (Å²) in [6.45, 7) is 0. The molecule has 10 rings (SSSR count). The van der Waals surface area contributed by atoms with E-state index < -0.39 is 0 Å². The van der Waals surface area contributed by atoms with Gasteiger partial charge in [0, 0.05) is 33.4 Å². The average Bonchev–Trinajstić information content (AvgIpc) is 3.59. The molecule has 8 aromatic rings. The molecule has 2 aliphatic rings. The highest BCUT2D eigenvalue weighted by Crippen LogP contribution is 2.39. The predicted octanol–water partition coefficient (Wildman–Crippen LogP) is 12.0. The maximum atomic E-state index is 6.44. The van der Waals surface area contributed by atoms with Crippen molar-refractivity contribution in [3.05, 3.63) is 181 Å². The standard InChI is InChI=1S/C47H31N3O/c1-2-12-34(13-3-1)45-48-46(37-25-22-30-10-4-5-14-35(30)28-37)50-47(49-45)40-18-9-19-43-44(40)41-29-36(26-27-42(41)51-43)31-20-23-33(24-21-31)39-17-8-15-32-11-6-7-16-38(32)39/h1-21,23-30H,22H2. The van der Waals surface area contributed by atoms with Crippen LogP contribution >= 0.6 is 0 Å². The van der Waals surface area contributed by atoms with Gasteiger partial charge in [-0.1, -0.05) is 146 Å². The third-order valence-electron chi connectivity index (χ3n) is 10.1. The molecule has 0 fully saturated rings. The van der Waals surface area contributed by atoms with Gasteiger partial charge in [0.15, 0.2) is 17.5 Å². The monoisotopic (exact) mass is 653 g/mol. The third kappa shape index (κ3) is 5.20. The number of fused-ring (bicyclic) bond motifs is 5. The highest BCUT2D eigenvalue weighted by Gasteiger charge is 2.21. The van der Waals surface area contributed by atoms with Crippen molar-refractivity contribution in [2.24, 2.45) is 5.92 Å². The van der Waals surface area contributed by atoms with Crippen LogP contribution < -0.4 is 0 Å². The molecule has 0 bridgehead atoms. The number of hydrogen-bond acceptors (Lipinski definition) is 4. The molecule has 0 saturated heterocycles. The molecule has 0 radical (unpaired) electrons. The van der Waals surface area contributed by atoms with E-state index in [1.165, 1.54) is 27.5 Å². The SMILES string of the molecule is C1=CC2=CC(c3nc(-c4ccccc4)nc(-c4cccc5oc6ccc(-c7ccc(-c8cccc9ccccc89)cc7)cc6c45)n3)=CCC2C=C1. The van der Waals surface area contributed by atoms with Crippen molar-refractivity contribution in [2.45, 2.75) is 6.42 Å². The molecule has 0 N–H and O–H groups in total. The number of benzene rings is 6. The lowest BCUT2D eigenvalue weighted by Gasteiger charge is -2.20. The molecule has 0 aliphatic heterocycles. The lowest BCUT2D eigenvalue weighted by atomic mass is 9.85. The lowest BCUT2D eigenvalue weighted by Crippen LogP contribution is -2.08. The Labute approximate surface area is 295 Å². The van der Waals surface area contributed by atoms with E-state index >= 15 is 0 Å².